The molecule has 3 heteroatoms. The lowest BCUT2D eigenvalue weighted by Crippen LogP contribution is -2.43. The molecule has 1 aliphatic rings. The lowest BCUT2D eigenvalue weighted by molar-refractivity contribution is -0.0822. The first-order valence-corrected chi connectivity index (χ1v) is 5.93. The van der Waals surface area contributed by atoms with Gasteiger partial charge in [-0.15, -0.1) is 0 Å². The van der Waals surface area contributed by atoms with Crippen molar-refractivity contribution >= 4 is 0 Å². The van der Waals surface area contributed by atoms with Crippen LogP contribution in [0.4, 0.5) is 0 Å². The summed E-state index contributed by atoms with van der Waals surface area (Å²) < 4.78 is 5.88. The molecule has 0 aliphatic carbocycles. The first-order valence-electron chi connectivity index (χ1n) is 5.93. The molecule has 2 rings (SSSR count). The summed E-state index contributed by atoms with van der Waals surface area (Å²) in [5.74, 6) is 0. The number of aryl methyl sites for hydroxylation is 1. The van der Waals surface area contributed by atoms with E-state index in [1.165, 1.54) is 12.0 Å². The van der Waals surface area contributed by atoms with Crippen molar-refractivity contribution in [2.24, 2.45) is 5.73 Å². The van der Waals surface area contributed by atoms with Gasteiger partial charge < -0.3 is 10.5 Å². The van der Waals surface area contributed by atoms with E-state index in [4.69, 9.17) is 10.5 Å². The van der Waals surface area contributed by atoms with Crippen molar-refractivity contribution in [3.05, 3.63) is 29.6 Å². The molecule has 88 valence electrons. The van der Waals surface area contributed by atoms with Gasteiger partial charge in [0.1, 0.15) is 0 Å². The quantitative estimate of drug-likeness (QED) is 0.832. The summed E-state index contributed by atoms with van der Waals surface area (Å²) in [7, 11) is 0. The first-order chi connectivity index (χ1) is 7.63. The van der Waals surface area contributed by atoms with Crippen LogP contribution in [0.15, 0.2) is 18.5 Å². The van der Waals surface area contributed by atoms with Crippen LogP contribution in [0.2, 0.25) is 0 Å². The first kappa shape index (κ1) is 11.6. The average Bonchev–Trinajstić information content (AvgIpc) is 2.30. The average molecular weight is 220 g/mol. The zero-order valence-corrected chi connectivity index (χ0v) is 10.1. The summed E-state index contributed by atoms with van der Waals surface area (Å²) in [4.78, 5) is 4.16. The second kappa shape index (κ2) is 4.52. The molecule has 0 bridgehead atoms. The van der Waals surface area contributed by atoms with Crippen LogP contribution in [-0.4, -0.2) is 17.2 Å². The van der Waals surface area contributed by atoms with Crippen molar-refractivity contribution in [2.75, 3.05) is 6.61 Å². The molecule has 1 aromatic heterocycles. The molecule has 0 saturated carbocycles. The van der Waals surface area contributed by atoms with E-state index in [1.54, 1.807) is 6.20 Å². The van der Waals surface area contributed by atoms with E-state index in [0.29, 0.717) is 0 Å². The third-order valence-corrected chi connectivity index (χ3v) is 3.57. The van der Waals surface area contributed by atoms with Crippen LogP contribution < -0.4 is 5.73 Å². The van der Waals surface area contributed by atoms with E-state index >= 15 is 0 Å². The van der Waals surface area contributed by atoms with E-state index in [1.807, 2.05) is 12.3 Å². The molecule has 2 atom stereocenters. The van der Waals surface area contributed by atoms with Gasteiger partial charge in [-0.25, -0.2) is 0 Å². The lowest BCUT2D eigenvalue weighted by Gasteiger charge is -2.39. The fraction of sp³-hybridized carbons (Fsp3) is 0.615. The smallest absolute Gasteiger partial charge is 0.0846 e. The van der Waals surface area contributed by atoms with E-state index in [0.717, 1.165) is 25.0 Å². The number of rotatable bonds is 2. The Labute approximate surface area is 97.0 Å². The monoisotopic (exact) mass is 220 g/mol. The van der Waals surface area contributed by atoms with Gasteiger partial charge in [-0.3, -0.25) is 4.98 Å². The van der Waals surface area contributed by atoms with Gasteiger partial charge in [-0.05, 0) is 50.3 Å². The Hall–Kier alpha value is -0.930. The molecule has 1 saturated heterocycles. The molecule has 2 heterocycles. The topological polar surface area (TPSA) is 48.1 Å². The minimum Gasteiger partial charge on any atom is -0.373 e. The molecule has 16 heavy (non-hydrogen) atoms. The second-order valence-corrected chi connectivity index (χ2v) is 4.83. The van der Waals surface area contributed by atoms with Gasteiger partial charge in [0, 0.05) is 19.0 Å². The minimum absolute atomic E-state index is 0.0819. The van der Waals surface area contributed by atoms with Gasteiger partial charge in [-0.2, -0.15) is 0 Å². The van der Waals surface area contributed by atoms with Gasteiger partial charge in [0.15, 0.2) is 0 Å². The highest BCUT2D eigenvalue weighted by Gasteiger charge is 2.36. The number of pyridine rings is 1. The van der Waals surface area contributed by atoms with Crippen LogP contribution in [0, 0.1) is 6.92 Å². The van der Waals surface area contributed by atoms with E-state index in [2.05, 4.69) is 18.8 Å². The van der Waals surface area contributed by atoms with Crippen LogP contribution in [0.25, 0.3) is 0 Å². The predicted molar refractivity (Wildman–Crippen MR) is 64.1 cm³/mol. The summed E-state index contributed by atoms with van der Waals surface area (Å²) >= 11 is 0. The standard InChI is InChI=1S/C13H20N2O/c1-10-5-7-15-9-11(10)12(14)13(2)6-3-4-8-16-13/h5,7,9,12H,3-4,6,8,14H2,1-2H3. The third-order valence-electron chi connectivity index (χ3n) is 3.57. The Morgan fingerprint density at radius 2 is 2.31 bits per heavy atom. The SMILES string of the molecule is Cc1ccncc1C(N)C1(C)CCCCO1. The van der Waals surface area contributed by atoms with E-state index in [-0.39, 0.29) is 11.6 Å². The second-order valence-electron chi connectivity index (χ2n) is 4.83. The lowest BCUT2D eigenvalue weighted by atomic mass is 9.84. The molecular formula is C13H20N2O. The fourth-order valence-corrected chi connectivity index (χ4v) is 2.33. The summed E-state index contributed by atoms with van der Waals surface area (Å²) in [5.41, 5.74) is 8.41. The van der Waals surface area contributed by atoms with E-state index in [9.17, 15) is 0 Å². The van der Waals surface area contributed by atoms with Crippen LogP contribution >= 0.6 is 0 Å². The number of hydrogen-bond donors (Lipinski definition) is 1. The number of aromatic nitrogens is 1. The molecule has 0 amide bonds. The van der Waals surface area contributed by atoms with Crippen molar-refractivity contribution in [1.29, 1.82) is 0 Å². The van der Waals surface area contributed by atoms with Gasteiger partial charge >= 0.3 is 0 Å². The van der Waals surface area contributed by atoms with Gasteiger partial charge in [0.25, 0.3) is 0 Å². The Morgan fingerprint density at radius 1 is 1.50 bits per heavy atom. The largest absolute Gasteiger partial charge is 0.373 e. The molecule has 0 aromatic carbocycles. The molecule has 0 spiro atoms. The summed E-state index contributed by atoms with van der Waals surface area (Å²) in [6, 6.07) is 1.92. The highest BCUT2D eigenvalue weighted by molar-refractivity contribution is 5.27. The number of ether oxygens (including phenoxy) is 1. The predicted octanol–water partition coefficient (Wildman–Crippen LogP) is 2.35. The summed E-state index contributed by atoms with van der Waals surface area (Å²) in [5, 5.41) is 0. The molecular weight excluding hydrogens is 200 g/mol. The van der Waals surface area contributed by atoms with Crippen molar-refractivity contribution < 1.29 is 4.74 Å². The Morgan fingerprint density at radius 3 is 2.94 bits per heavy atom. The van der Waals surface area contributed by atoms with E-state index < -0.39 is 0 Å². The fourth-order valence-electron chi connectivity index (χ4n) is 2.33. The molecule has 1 fully saturated rings. The van der Waals surface area contributed by atoms with Crippen LogP contribution in [-0.2, 0) is 4.74 Å². The van der Waals surface area contributed by atoms with Crippen LogP contribution in [0.3, 0.4) is 0 Å². The highest BCUT2D eigenvalue weighted by Crippen LogP contribution is 2.35. The molecule has 2 unspecified atom stereocenters. The maximum atomic E-state index is 6.34. The zero-order valence-electron chi connectivity index (χ0n) is 10.1. The van der Waals surface area contributed by atoms with Gasteiger partial charge in [0.2, 0.25) is 0 Å². The van der Waals surface area contributed by atoms with Gasteiger partial charge in [0.05, 0.1) is 11.6 Å². The highest BCUT2D eigenvalue weighted by atomic mass is 16.5. The zero-order chi connectivity index (χ0) is 11.6. The summed E-state index contributed by atoms with van der Waals surface area (Å²) in [6.45, 7) is 5.01. The Balaban J connectivity index is 2.24. The van der Waals surface area contributed by atoms with Crippen molar-refractivity contribution in [2.45, 2.75) is 44.8 Å². The third kappa shape index (κ3) is 2.11. The molecule has 1 aliphatic heterocycles. The maximum Gasteiger partial charge on any atom is 0.0846 e. The minimum atomic E-state index is -0.230. The van der Waals surface area contributed by atoms with Gasteiger partial charge in [-0.1, -0.05) is 0 Å². The molecule has 2 N–H and O–H groups in total. The normalized spacial score (nSPS) is 27.7. The summed E-state index contributed by atoms with van der Waals surface area (Å²) in [6.07, 6.45) is 7.04. The molecule has 0 radical (unpaired) electrons. The Bertz CT molecular complexity index is 359. The number of nitrogens with zero attached hydrogens (tertiary/aromatic N) is 1. The molecule has 3 nitrogen and oxygen atoms in total. The number of hydrogen-bond acceptors (Lipinski definition) is 3. The number of nitrogens with two attached hydrogens (primary N) is 1. The Kier molecular flexibility index (Phi) is 3.26. The van der Waals surface area contributed by atoms with Crippen LogP contribution in [0.1, 0.15) is 43.4 Å². The van der Waals surface area contributed by atoms with Crippen molar-refractivity contribution in [3.8, 4) is 0 Å². The van der Waals surface area contributed by atoms with Crippen molar-refractivity contribution in [1.82, 2.24) is 4.98 Å². The maximum absolute atomic E-state index is 6.34. The van der Waals surface area contributed by atoms with Crippen LogP contribution in [0.5, 0.6) is 0 Å². The van der Waals surface area contributed by atoms with Crippen molar-refractivity contribution in [3.63, 3.8) is 0 Å². The molecule has 1 aromatic rings.